The third-order valence-electron chi connectivity index (χ3n) is 2.73. The standard InChI is InChI=1S/C15H11ClN2O/c1-10(7-17)15(19)12-6-11(8-18-9-12)13-4-2-3-5-14(13)16/h2-6,8-9,15,19H,1H2. The Morgan fingerprint density at radius 1 is 1.37 bits per heavy atom. The Hall–Kier alpha value is -2.15. The molecule has 0 bridgehead atoms. The first-order valence-corrected chi connectivity index (χ1v) is 5.98. The Morgan fingerprint density at radius 2 is 2.11 bits per heavy atom. The third kappa shape index (κ3) is 2.82. The van der Waals surface area contributed by atoms with E-state index in [1.165, 1.54) is 6.20 Å². The van der Waals surface area contributed by atoms with Crippen molar-refractivity contribution in [2.75, 3.05) is 0 Å². The molecule has 2 aromatic rings. The molecule has 0 aliphatic carbocycles. The van der Waals surface area contributed by atoms with Gasteiger partial charge in [0.2, 0.25) is 0 Å². The fourth-order valence-corrected chi connectivity index (χ4v) is 1.96. The highest BCUT2D eigenvalue weighted by Gasteiger charge is 2.13. The van der Waals surface area contributed by atoms with Crippen molar-refractivity contribution < 1.29 is 5.11 Å². The number of nitrogens with zero attached hydrogens (tertiary/aromatic N) is 2. The van der Waals surface area contributed by atoms with Crippen molar-refractivity contribution >= 4 is 11.6 Å². The Bertz CT molecular complexity index is 661. The van der Waals surface area contributed by atoms with Crippen LogP contribution in [0.3, 0.4) is 0 Å². The lowest BCUT2D eigenvalue weighted by Gasteiger charge is -2.10. The molecule has 0 aliphatic heterocycles. The smallest absolute Gasteiger partial charge is 0.115 e. The van der Waals surface area contributed by atoms with Gasteiger partial charge >= 0.3 is 0 Å². The highest BCUT2D eigenvalue weighted by Crippen LogP contribution is 2.29. The second-order valence-corrected chi connectivity index (χ2v) is 4.43. The van der Waals surface area contributed by atoms with Gasteiger partial charge in [0, 0.05) is 34.1 Å². The second kappa shape index (κ2) is 5.66. The zero-order chi connectivity index (χ0) is 13.8. The summed E-state index contributed by atoms with van der Waals surface area (Å²) in [6.45, 7) is 3.50. The molecule has 1 aromatic carbocycles. The average Bonchev–Trinajstić information content (AvgIpc) is 2.46. The average molecular weight is 271 g/mol. The zero-order valence-corrected chi connectivity index (χ0v) is 10.8. The van der Waals surface area contributed by atoms with Crippen molar-refractivity contribution in [3.8, 4) is 17.2 Å². The molecule has 0 fully saturated rings. The van der Waals surface area contributed by atoms with Crippen LogP contribution in [0.1, 0.15) is 11.7 Å². The van der Waals surface area contributed by atoms with E-state index in [4.69, 9.17) is 16.9 Å². The zero-order valence-electron chi connectivity index (χ0n) is 10.0. The van der Waals surface area contributed by atoms with Crippen LogP contribution in [0, 0.1) is 11.3 Å². The second-order valence-electron chi connectivity index (χ2n) is 4.03. The predicted molar refractivity (Wildman–Crippen MR) is 74.4 cm³/mol. The molecule has 0 saturated carbocycles. The summed E-state index contributed by atoms with van der Waals surface area (Å²) in [6.07, 6.45) is 2.13. The Morgan fingerprint density at radius 3 is 2.79 bits per heavy atom. The van der Waals surface area contributed by atoms with E-state index in [9.17, 15) is 5.11 Å². The molecule has 0 amide bonds. The predicted octanol–water partition coefficient (Wildman–Crippen LogP) is 3.52. The number of benzene rings is 1. The maximum absolute atomic E-state index is 9.93. The number of pyridine rings is 1. The Kier molecular flexibility index (Phi) is 3.96. The fourth-order valence-electron chi connectivity index (χ4n) is 1.71. The Balaban J connectivity index is 2.44. The van der Waals surface area contributed by atoms with Gasteiger partial charge < -0.3 is 5.11 Å². The molecule has 0 spiro atoms. The molecule has 3 nitrogen and oxygen atoms in total. The van der Waals surface area contributed by atoms with Crippen molar-refractivity contribution in [2.24, 2.45) is 0 Å². The third-order valence-corrected chi connectivity index (χ3v) is 3.06. The largest absolute Gasteiger partial charge is 0.383 e. The van der Waals surface area contributed by atoms with E-state index in [2.05, 4.69) is 11.6 Å². The maximum atomic E-state index is 9.93. The number of halogens is 1. The monoisotopic (exact) mass is 270 g/mol. The van der Waals surface area contributed by atoms with Crippen LogP contribution in [0.4, 0.5) is 0 Å². The lowest BCUT2D eigenvalue weighted by molar-refractivity contribution is 0.220. The Labute approximate surface area is 116 Å². The van der Waals surface area contributed by atoms with E-state index in [1.54, 1.807) is 18.3 Å². The molecule has 1 unspecified atom stereocenters. The molecule has 4 heteroatoms. The van der Waals surface area contributed by atoms with E-state index >= 15 is 0 Å². The van der Waals surface area contributed by atoms with Crippen molar-refractivity contribution in [3.63, 3.8) is 0 Å². The SMILES string of the molecule is C=C(C#N)C(O)c1cncc(-c2ccccc2Cl)c1. The normalized spacial score (nSPS) is 11.6. The van der Waals surface area contributed by atoms with Crippen LogP contribution < -0.4 is 0 Å². The fraction of sp³-hybridized carbons (Fsp3) is 0.0667. The number of aliphatic hydroxyl groups excluding tert-OH is 1. The summed E-state index contributed by atoms with van der Waals surface area (Å²) in [5.41, 5.74) is 2.21. The summed E-state index contributed by atoms with van der Waals surface area (Å²) in [6, 6.07) is 11.0. The molecule has 1 N–H and O–H groups in total. The number of rotatable bonds is 3. The molecular formula is C15H11ClN2O. The van der Waals surface area contributed by atoms with Gasteiger partial charge in [-0.2, -0.15) is 5.26 Å². The van der Waals surface area contributed by atoms with Crippen LogP contribution in [0.2, 0.25) is 5.02 Å². The summed E-state index contributed by atoms with van der Waals surface area (Å²) in [4.78, 5) is 4.07. The van der Waals surface area contributed by atoms with Gasteiger partial charge in [0.1, 0.15) is 6.10 Å². The molecule has 0 radical (unpaired) electrons. The molecule has 0 saturated heterocycles. The van der Waals surface area contributed by atoms with Gasteiger partial charge in [-0.1, -0.05) is 36.4 Å². The van der Waals surface area contributed by atoms with Gasteiger partial charge in [-0.05, 0) is 12.1 Å². The van der Waals surface area contributed by atoms with Crippen molar-refractivity contribution in [1.29, 1.82) is 5.26 Å². The van der Waals surface area contributed by atoms with Gasteiger partial charge in [0.25, 0.3) is 0 Å². The van der Waals surface area contributed by atoms with E-state index in [1.807, 2.05) is 24.3 Å². The van der Waals surface area contributed by atoms with Crippen molar-refractivity contribution in [3.05, 3.63) is 65.5 Å². The molecular weight excluding hydrogens is 260 g/mol. The van der Waals surface area contributed by atoms with E-state index < -0.39 is 6.10 Å². The first-order valence-electron chi connectivity index (χ1n) is 5.60. The van der Waals surface area contributed by atoms with Crippen molar-refractivity contribution in [2.45, 2.75) is 6.10 Å². The van der Waals surface area contributed by atoms with Gasteiger partial charge in [-0.15, -0.1) is 0 Å². The number of aliphatic hydroxyl groups is 1. The van der Waals surface area contributed by atoms with Gasteiger partial charge in [0.05, 0.1) is 11.6 Å². The number of hydrogen-bond donors (Lipinski definition) is 1. The molecule has 1 heterocycles. The molecule has 2 rings (SSSR count). The van der Waals surface area contributed by atoms with Gasteiger partial charge in [-0.3, -0.25) is 4.98 Å². The van der Waals surface area contributed by atoms with Crippen LogP contribution in [-0.2, 0) is 0 Å². The minimum Gasteiger partial charge on any atom is -0.383 e. The first-order chi connectivity index (χ1) is 9.13. The summed E-state index contributed by atoms with van der Waals surface area (Å²) < 4.78 is 0. The summed E-state index contributed by atoms with van der Waals surface area (Å²) >= 11 is 6.12. The van der Waals surface area contributed by atoms with E-state index in [0.29, 0.717) is 10.6 Å². The maximum Gasteiger partial charge on any atom is 0.115 e. The molecule has 19 heavy (non-hydrogen) atoms. The highest BCUT2D eigenvalue weighted by molar-refractivity contribution is 6.33. The first kappa shape index (κ1) is 13.3. The van der Waals surface area contributed by atoms with Crippen LogP contribution in [-0.4, -0.2) is 10.1 Å². The molecule has 94 valence electrons. The summed E-state index contributed by atoms with van der Waals surface area (Å²) in [5.74, 6) is 0. The lowest BCUT2D eigenvalue weighted by Crippen LogP contribution is -2.00. The summed E-state index contributed by atoms with van der Waals surface area (Å²) in [7, 11) is 0. The lowest BCUT2D eigenvalue weighted by atomic mass is 10.0. The van der Waals surface area contributed by atoms with E-state index in [-0.39, 0.29) is 5.57 Å². The van der Waals surface area contributed by atoms with Gasteiger partial charge in [0.15, 0.2) is 0 Å². The number of aromatic nitrogens is 1. The molecule has 1 atom stereocenters. The van der Waals surface area contributed by atoms with Crippen LogP contribution in [0.25, 0.3) is 11.1 Å². The minimum atomic E-state index is -1.04. The van der Waals surface area contributed by atoms with E-state index in [0.717, 1.165) is 11.1 Å². The minimum absolute atomic E-state index is 0.0816. The van der Waals surface area contributed by atoms with Crippen LogP contribution >= 0.6 is 11.6 Å². The van der Waals surface area contributed by atoms with Gasteiger partial charge in [-0.25, -0.2) is 0 Å². The molecule has 0 aliphatic rings. The van der Waals surface area contributed by atoms with Crippen molar-refractivity contribution in [1.82, 2.24) is 4.98 Å². The number of hydrogen-bond acceptors (Lipinski definition) is 3. The topological polar surface area (TPSA) is 56.9 Å². The van der Waals surface area contributed by atoms with Crippen LogP contribution in [0.15, 0.2) is 54.9 Å². The quantitative estimate of drug-likeness (QED) is 0.868. The van der Waals surface area contributed by atoms with Crippen LogP contribution in [0.5, 0.6) is 0 Å². The summed E-state index contributed by atoms with van der Waals surface area (Å²) in [5, 5.41) is 19.3. The molecule has 1 aromatic heterocycles. The number of nitriles is 1. The highest BCUT2D eigenvalue weighted by atomic mass is 35.5.